The molecule has 17 heavy (non-hydrogen) atoms. The molecule has 0 fully saturated rings. The monoisotopic (exact) mass is 246 g/mol. The first-order valence-electron chi connectivity index (χ1n) is 5.16. The van der Waals surface area contributed by atoms with Crippen LogP contribution in [0.3, 0.4) is 0 Å². The summed E-state index contributed by atoms with van der Waals surface area (Å²) in [6.45, 7) is 1.69. The van der Waals surface area contributed by atoms with E-state index in [9.17, 15) is 18.0 Å². The van der Waals surface area contributed by atoms with Crippen LogP contribution in [0.2, 0.25) is 0 Å². The zero-order valence-electron chi connectivity index (χ0n) is 9.29. The molecule has 0 heterocycles. The van der Waals surface area contributed by atoms with Gasteiger partial charge in [-0.1, -0.05) is 24.3 Å². The Balaban J connectivity index is 2.88. The normalized spacial score (nSPS) is 13.4. The van der Waals surface area contributed by atoms with Gasteiger partial charge in [0, 0.05) is 6.42 Å². The van der Waals surface area contributed by atoms with E-state index in [1.54, 1.807) is 31.2 Å². The number of carboxylic acids is 1. The molecule has 2 nitrogen and oxygen atoms in total. The predicted octanol–water partition coefficient (Wildman–Crippen LogP) is 3.51. The van der Waals surface area contributed by atoms with Crippen LogP contribution in [0.4, 0.5) is 13.2 Å². The molecule has 0 aliphatic heterocycles. The Labute approximate surface area is 97.1 Å². The van der Waals surface area contributed by atoms with Gasteiger partial charge in [-0.3, -0.25) is 4.79 Å². The topological polar surface area (TPSA) is 37.3 Å². The van der Waals surface area contributed by atoms with Crippen molar-refractivity contribution in [3.8, 4) is 0 Å². The molecule has 1 unspecified atom stereocenters. The maximum atomic E-state index is 12.1. The second kappa shape index (κ2) is 5.21. The number of aryl methyl sites for hydroxylation is 1. The van der Waals surface area contributed by atoms with Crippen molar-refractivity contribution in [1.29, 1.82) is 0 Å². The van der Waals surface area contributed by atoms with Crippen LogP contribution < -0.4 is 0 Å². The van der Waals surface area contributed by atoms with Gasteiger partial charge in [-0.25, -0.2) is 0 Å². The van der Waals surface area contributed by atoms with Crippen molar-refractivity contribution in [3.05, 3.63) is 35.4 Å². The van der Waals surface area contributed by atoms with Crippen molar-refractivity contribution in [2.45, 2.75) is 31.9 Å². The van der Waals surface area contributed by atoms with Crippen molar-refractivity contribution >= 4 is 5.97 Å². The fourth-order valence-corrected chi connectivity index (χ4v) is 1.70. The van der Waals surface area contributed by atoms with Crippen LogP contribution in [-0.4, -0.2) is 17.3 Å². The average Bonchev–Trinajstić information content (AvgIpc) is 2.18. The number of hydrogen-bond donors (Lipinski definition) is 1. The fraction of sp³-hybridized carbons (Fsp3) is 0.417. The molecule has 0 bridgehead atoms. The first-order valence-corrected chi connectivity index (χ1v) is 5.16. The average molecular weight is 246 g/mol. The minimum Gasteiger partial charge on any atom is -0.481 e. The predicted molar refractivity (Wildman–Crippen MR) is 56.8 cm³/mol. The zero-order chi connectivity index (χ0) is 13.1. The van der Waals surface area contributed by atoms with Crippen LogP contribution in [0.5, 0.6) is 0 Å². The zero-order valence-corrected chi connectivity index (χ0v) is 9.29. The van der Waals surface area contributed by atoms with E-state index in [1.165, 1.54) is 0 Å². The molecule has 94 valence electrons. The summed E-state index contributed by atoms with van der Waals surface area (Å²) in [5.41, 5.74) is 1.14. The van der Waals surface area contributed by atoms with Gasteiger partial charge >= 0.3 is 12.1 Å². The number of halogens is 3. The van der Waals surface area contributed by atoms with Gasteiger partial charge in [0.2, 0.25) is 0 Å². The number of alkyl halides is 3. The first-order chi connectivity index (χ1) is 7.81. The highest BCUT2D eigenvalue weighted by atomic mass is 19.4. The smallest absolute Gasteiger partial charge is 0.389 e. The third kappa shape index (κ3) is 4.09. The molecule has 1 aromatic rings. The molecule has 0 aromatic heterocycles. The van der Waals surface area contributed by atoms with Gasteiger partial charge in [-0.15, -0.1) is 0 Å². The van der Waals surface area contributed by atoms with E-state index < -0.39 is 30.9 Å². The largest absolute Gasteiger partial charge is 0.481 e. The number of rotatable bonds is 4. The summed E-state index contributed by atoms with van der Waals surface area (Å²) in [6, 6.07) is 6.61. The number of aliphatic carboxylic acids is 1. The summed E-state index contributed by atoms with van der Waals surface area (Å²) in [7, 11) is 0. The van der Waals surface area contributed by atoms with Gasteiger partial charge in [-0.05, 0) is 24.5 Å². The van der Waals surface area contributed by atoms with Gasteiger partial charge < -0.3 is 5.11 Å². The third-order valence-electron chi connectivity index (χ3n) is 2.58. The molecule has 0 amide bonds. The van der Waals surface area contributed by atoms with Crippen LogP contribution in [0.15, 0.2) is 24.3 Å². The molecule has 1 atom stereocenters. The Morgan fingerprint density at radius 2 is 1.94 bits per heavy atom. The quantitative estimate of drug-likeness (QED) is 0.882. The fourth-order valence-electron chi connectivity index (χ4n) is 1.70. The molecule has 0 aliphatic rings. The lowest BCUT2D eigenvalue weighted by atomic mass is 9.91. The first kappa shape index (κ1) is 13.5. The van der Waals surface area contributed by atoms with Crippen LogP contribution in [0.1, 0.15) is 29.9 Å². The Morgan fingerprint density at radius 1 is 1.35 bits per heavy atom. The second-order valence-electron chi connectivity index (χ2n) is 3.90. The molecular weight excluding hydrogens is 233 g/mol. The van der Waals surface area contributed by atoms with Gasteiger partial charge in [0.1, 0.15) is 0 Å². The lowest BCUT2D eigenvalue weighted by molar-refractivity contribution is -0.145. The maximum Gasteiger partial charge on any atom is 0.389 e. The third-order valence-corrected chi connectivity index (χ3v) is 2.58. The molecule has 1 rings (SSSR count). The highest BCUT2D eigenvalue weighted by Gasteiger charge is 2.31. The minimum absolute atomic E-state index is 0.427. The van der Waals surface area contributed by atoms with E-state index >= 15 is 0 Å². The van der Waals surface area contributed by atoms with Crippen molar-refractivity contribution in [2.24, 2.45) is 0 Å². The molecule has 0 saturated carbocycles. The van der Waals surface area contributed by atoms with Gasteiger partial charge in [0.25, 0.3) is 0 Å². The summed E-state index contributed by atoms with van der Waals surface area (Å²) in [5.74, 6) is -2.32. The summed E-state index contributed by atoms with van der Waals surface area (Å²) in [6.07, 6.45) is -5.83. The van der Waals surface area contributed by atoms with Crippen molar-refractivity contribution in [2.75, 3.05) is 0 Å². The van der Waals surface area contributed by atoms with Crippen molar-refractivity contribution in [1.82, 2.24) is 0 Å². The van der Waals surface area contributed by atoms with E-state index in [1.807, 2.05) is 0 Å². The number of carbonyl (C=O) groups is 1. The molecule has 0 radical (unpaired) electrons. The molecular formula is C12H13F3O2. The highest BCUT2D eigenvalue weighted by molar-refractivity contribution is 5.76. The summed E-state index contributed by atoms with van der Waals surface area (Å²) >= 11 is 0. The van der Waals surface area contributed by atoms with Gasteiger partial charge in [0.15, 0.2) is 0 Å². The van der Waals surface area contributed by atoms with Crippen LogP contribution in [-0.2, 0) is 4.79 Å². The summed E-state index contributed by atoms with van der Waals surface area (Å²) in [5, 5.41) is 8.98. The van der Waals surface area contributed by atoms with E-state index in [0.717, 1.165) is 0 Å². The van der Waals surface area contributed by atoms with E-state index in [2.05, 4.69) is 0 Å². The van der Waals surface area contributed by atoms with Crippen molar-refractivity contribution < 1.29 is 23.1 Å². The Kier molecular flexibility index (Phi) is 4.15. The molecule has 0 saturated heterocycles. The number of carboxylic acid groups (broad SMARTS) is 1. The van der Waals surface area contributed by atoms with Gasteiger partial charge in [0.05, 0.1) is 5.92 Å². The molecule has 0 spiro atoms. The van der Waals surface area contributed by atoms with E-state index in [4.69, 9.17) is 5.11 Å². The van der Waals surface area contributed by atoms with Crippen LogP contribution in [0, 0.1) is 6.92 Å². The lowest BCUT2D eigenvalue weighted by Gasteiger charge is -2.16. The summed E-state index contributed by atoms with van der Waals surface area (Å²) in [4.78, 5) is 11.0. The van der Waals surface area contributed by atoms with Gasteiger partial charge in [-0.2, -0.15) is 13.2 Å². The Bertz CT molecular complexity index is 399. The Hall–Kier alpha value is -1.52. The molecule has 1 aromatic carbocycles. The van der Waals surface area contributed by atoms with E-state index in [-0.39, 0.29) is 0 Å². The van der Waals surface area contributed by atoms with Crippen LogP contribution >= 0.6 is 0 Å². The molecule has 1 N–H and O–H groups in total. The summed E-state index contributed by atoms with van der Waals surface area (Å²) < 4.78 is 36.3. The second-order valence-corrected chi connectivity index (χ2v) is 3.90. The van der Waals surface area contributed by atoms with E-state index in [0.29, 0.717) is 11.1 Å². The maximum absolute atomic E-state index is 12.1. The molecule has 0 aliphatic carbocycles. The van der Waals surface area contributed by atoms with Crippen LogP contribution in [0.25, 0.3) is 0 Å². The Morgan fingerprint density at radius 3 is 2.41 bits per heavy atom. The minimum atomic E-state index is -4.32. The molecule has 5 heteroatoms. The SMILES string of the molecule is Cc1ccccc1C(CCC(F)(F)F)C(=O)O. The number of hydrogen-bond acceptors (Lipinski definition) is 1. The lowest BCUT2D eigenvalue weighted by Crippen LogP contribution is -2.17. The highest BCUT2D eigenvalue weighted by Crippen LogP contribution is 2.30. The number of benzene rings is 1. The van der Waals surface area contributed by atoms with Crippen molar-refractivity contribution in [3.63, 3.8) is 0 Å². The standard InChI is InChI=1S/C12H13F3O2/c1-8-4-2-3-5-9(8)10(11(16)17)6-7-12(13,14)15/h2-5,10H,6-7H2,1H3,(H,16,17).